The molecule has 0 aliphatic heterocycles. The first-order chi connectivity index (χ1) is 24.3. The smallest absolute Gasteiger partial charge is 0.213 e. The Labute approximate surface area is 334 Å². The molecule has 2 nitrogen and oxygen atoms in total. The molecule has 4 rings (SSSR count). The minimum atomic E-state index is -3.13. The van der Waals surface area contributed by atoms with E-state index in [9.17, 15) is 0 Å². The fourth-order valence-electron chi connectivity index (χ4n) is 9.20. The number of hydrogen-bond donors (Lipinski definition) is 0. The van der Waals surface area contributed by atoms with Crippen molar-refractivity contribution in [2.75, 3.05) is 0 Å². The molecule has 0 saturated carbocycles. The van der Waals surface area contributed by atoms with Gasteiger partial charge in [0.2, 0.25) is 8.32 Å². The maximum Gasteiger partial charge on any atom is 0.213 e. The second-order valence-electron chi connectivity index (χ2n) is 17.8. The molecule has 1 atom stereocenters. The van der Waals surface area contributed by atoms with Crippen molar-refractivity contribution < 1.29 is 4.12 Å². The standard InChI is InChI=1S/C43H65Cl2NOSi5/c1-12-40(43(44,45)50(10,11)47-49(8,9)35-25-34-48)46(51(41(2,3)4,36-26-17-13-18-27-36)37-28-19-14-20-29-37)52(42(5,6)7,38-30-21-15-22-31-38)39-32-23-16-24-33-39/h13-24,26-33,40H,12,25,34-35H2,1-11,48H3. The molecule has 9 heteroatoms. The minimum Gasteiger partial charge on any atom is -0.454 e. The number of halogens is 2. The van der Waals surface area contributed by atoms with Crippen molar-refractivity contribution in [3.8, 4) is 0 Å². The SMILES string of the molecule is CCC(N([Si](c1ccccc1)(c1ccccc1)C(C)(C)C)[Si](c1ccccc1)(c1ccccc1)C(C)(C)C)C(Cl)(Cl)[Si](C)(C)O[Si](C)(C)CCC[SiH3]. The summed E-state index contributed by atoms with van der Waals surface area (Å²) in [7, 11) is -9.95. The highest BCUT2D eigenvalue weighted by Crippen LogP contribution is 2.53. The van der Waals surface area contributed by atoms with Crippen LogP contribution in [0.5, 0.6) is 0 Å². The van der Waals surface area contributed by atoms with Gasteiger partial charge in [-0.25, -0.2) is 0 Å². The van der Waals surface area contributed by atoms with E-state index in [0.717, 1.165) is 12.5 Å². The van der Waals surface area contributed by atoms with Crippen molar-refractivity contribution in [3.05, 3.63) is 121 Å². The van der Waals surface area contributed by atoms with Crippen molar-refractivity contribution in [2.45, 2.75) is 120 Å². The molecule has 4 aromatic rings. The van der Waals surface area contributed by atoms with Gasteiger partial charge in [0, 0.05) is 16.3 Å². The summed E-state index contributed by atoms with van der Waals surface area (Å²) < 4.78 is 9.43. The van der Waals surface area contributed by atoms with Gasteiger partial charge >= 0.3 is 0 Å². The summed E-state index contributed by atoms with van der Waals surface area (Å²) >= 11 is 16.7. The Morgan fingerprint density at radius 2 is 0.904 bits per heavy atom. The number of benzene rings is 4. The lowest BCUT2D eigenvalue weighted by Crippen LogP contribution is -2.91. The maximum absolute atomic E-state index is 8.33. The second kappa shape index (κ2) is 16.7. The molecular formula is C43H65Cl2NOSi5. The first-order valence-electron chi connectivity index (χ1n) is 19.3. The predicted octanol–water partition coefficient (Wildman–Crippen LogP) is 9.50. The zero-order valence-corrected chi connectivity index (χ0v) is 41.6. The molecule has 0 aromatic heterocycles. The normalized spacial score (nSPS) is 14.5. The van der Waals surface area contributed by atoms with Gasteiger partial charge in [0.1, 0.15) is 3.96 Å². The van der Waals surface area contributed by atoms with E-state index in [2.05, 4.69) is 200 Å². The average molecular weight is 823 g/mol. The van der Waals surface area contributed by atoms with E-state index in [1.54, 1.807) is 0 Å². The van der Waals surface area contributed by atoms with E-state index in [4.69, 9.17) is 27.3 Å². The number of rotatable bonds is 15. The summed E-state index contributed by atoms with van der Waals surface area (Å²) in [6.45, 7) is 26.6. The molecule has 0 aliphatic carbocycles. The van der Waals surface area contributed by atoms with Crippen LogP contribution in [0.4, 0.5) is 0 Å². The van der Waals surface area contributed by atoms with Crippen LogP contribution in [-0.2, 0) is 4.12 Å². The number of hydrogen-bond acceptors (Lipinski definition) is 2. The Kier molecular flexibility index (Phi) is 13.9. The Bertz CT molecular complexity index is 1510. The average Bonchev–Trinajstić information content (AvgIpc) is 3.08. The molecule has 0 amide bonds. The van der Waals surface area contributed by atoms with Crippen molar-refractivity contribution in [1.29, 1.82) is 0 Å². The Hall–Kier alpha value is -1.54. The van der Waals surface area contributed by atoms with Crippen LogP contribution < -0.4 is 20.7 Å². The van der Waals surface area contributed by atoms with Gasteiger partial charge in [-0.15, -0.1) is 23.2 Å². The van der Waals surface area contributed by atoms with E-state index in [-0.39, 0.29) is 16.1 Å². The molecule has 1 unspecified atom stereocenters. The molecule has 52 heavy (non-hydrogen) atoms. The van der Waals surface area contributed by atoms with Crippen molar-refractivity contribution in [3.63, 3.8) is 0 Å². The highest BCUT2D eigenvalue weighted by Gasteiger charge is 2.69. The summed E-state index contributed by atoms with van der Waals surface area (Å²) in [4.78, 5) is 0. The Morgan fingerprint density at radius 3 is 1.15 bits per heavy atom. The number of nitrogens with zero attached hydrogens (tertiary/aromatic N) is 1. The van der Waals surface area contributed by atoms with Crippen LogP contribution >= 0.6 is 23.2 Å². The largest absolute Gasteiger partial charge is 0.454 e. The Balaban J connectivity index is 2.34. The summed E-state index contributed by atoms with van der Waals surface area (Å²) in [6, 6.07) is 47.9. The van der Waals surface area contributed by atoms with E-state index in [1.807, 2.05) is 0 Å². The molecule has 0 radical (unpaired) electrons. The summed E-state index contributed by atoms with van der Waals surface area (Å²) in [6.07, 6.45) is 2.01. The fourth-order valence-corrected chi connectivity index (χ4v) is 37.5. The highest BCUT2D eigenvalue weighted by molar-refractivity contribution is 7.16. The lowest BCUT2D eigenvalue weighted by atomic mass is 10.2. The third kappa shape index (κ3) is 8.05. The molecule has 0 saturated heterocycles. The minimum absolute atomic E-state index is 0.203. The lowest BCUT2D eigenvalue weighted by Gasteiger charge is -2.66. The quantitative estimate of drug-likeness (QED) is 0.0876. The summed E-state index contributed by atoms with van der Waals surface area (Å²) in [5, 5.41) is 5.12. The van der Waals surface area contributed by atoms with Crippen LogP contribution in [0.3, 0.4) is 0 Å². The molecular weight excluding hydrogens is 758 g/mol. The van der Waals surface area contributed by atoms with Gasteiger partial charge in [0.15, 0.2) is 24.8 Å². The first-order valence-corrected chi connectivity index (χ1v) is 31.4. The monoisotopic (exact) mass is 821 g/mol. The Morgan fingerprint density at radius 1 is 0.596 bits per heavy atom. The van der Waals surface area contributed by atoms with Gasteiger partial charge in [0.05, 0.1) is 0 Å². The van der Waals surface area contributed by atoms with Crippen LogP contribution in [0, 0.1) is 0 Å². The highest BCUT2D eigenvalue weighted by atomic mass is 35.5. The second-order valence-corrected chi connectivity index (χ2v) is 39.0. The zero-order chi connectivity index (χ0) is 38.6. The molecule has 4 aromatic carbocycles. The van der Waals surface area contributed by atoms with Gasteiger partial charge in [-0.05, 0) is 69.5 Å². The molecule has 282 valence electrons. The number of alkyl halides is 2. The summed E-state index contributed by atoms with van der Waals surface area (Å²) in [5.74, 6) is 0. The summed E-state index contributed by atoms with van der Waals surface area (Å²) in [5.41, 5.74) is 0. The zero-order valence-electron chi connectivity index (χ0n) is 34.1. The van der Waals surface area contributed by atoms with Crippen LogP contribution in [0.2, 0.25) is 48.4 Å². The third-order valence-corrected chi connectivity index (χ3v) is 36.0. The molecule has 0 fully saturated rings. The topological polar surface area (TPSA) is 12.5 Å². The van der Waals surface area contributed by atoms with Crippen LogP contribution in [-0.4, -0.2) is 57.6 Å². The van der Waals surface area contributed by atoms with Gasteiger partial charge in [-0.3, -0.25) is 0 Å². The fraction of sp³-hybridized carbons (Fsp3) is 0.442. The molecule has 0 heterocycles. The van der Waals surface area contributed by atoms with E-state index in [0.29, 0.717) is 0 Å². The maximum atomic E-state index is 8.33. The van der Waals surface area contributed by atoms with Crippen LogP contribution in [0.25, 0.3) is 0 Å². The van der Waals surface area contributed by atoms with E-state index in [1.165, 1.54) is 43.5 Å². The lowest BCUT2D eigenvalue weighted by molar-refractivity contribution is 0.381. The molecule has 0 aliphatic rings. The van der Waals surface area contributed by atoms with Gasteiger partial charge in [-0.2, -0.15) is 0 Å². The van der Waals surface area contributed by atoms with Crippen molar-refractivity contribution in [2.24, 2.45) is 0 Å². The van der Waals surface area contributed by atoms with Crippen LogP contribution in [0.1, 0.15) is 61.3 Å². The first kappa shape index (κ1) is 43.2. The molecule has 0 N–H and O–H groups in total. The molecule has 0 spiro atoms. The van der Waals surface area contributed by atoms with Gasteiger partial charge in [0.25, 0.3) is 0 Å². The third-order valence-electron chi connectivity index (χ3n) is 11.2. The van der Waals surface area contributed by atoms with Crippen molar-refractivity contribution in [1.82, 2.24) is 4.23 Å². The molecule has 0 bridgehead atoms. The van der Waals surface area contributed by atoms with Gasteiger partial charge in [-0.1, -0.05) is 182 Å². The van der Waals surface area contributed by atoms with E-state index >= 15 is 0 Å². The van der Waals surface area contributed by atoms with Crippen LogP contribution in [0.15, 0.2) is 121 Å². The van der Waals surface area contributed by atoms with Gasteiger partial charge < -0.3 is 8.35 Å². The van der Waals surface area contributed by atoms with Crippen molar-refractivity contribution >= 4 is 87.3 Å². The predicted molar refractivity (Wildman–Crippen MR) is 246 cm³/mol. The van der Waals surface area contributed by atoms with E-state index < -0.39 is 37.1 Å².